The lowest BCUT2D eigenvalue weighted by atomic mass is 9.97. The van der Waals surface area contributed by atoms with E-state index in [4.69, 9.17) is 0 Å². The van der Waals surface area contributed by atoms with E-state index in [1.807, 2.05) is 30.3 Å². The molecule has 0 saturated heterocycles. The van der Waals surface area contributed by atoms with Gasteiger partial charge in [0.05, 0.1) is 23.4 Å². The monoisotopic (exact) mass is 459 g/mol. The Morgan fingerprint density at radius 3 is 2.71 bits per heavy atom. The minimum Gasteiger partial charge on any atom is -0.463 e. The Balaban J connectivity index is 1.34. The van der Waals surface area contributed by atoms with E-state index >= 15 is 0 Å². The summed E-state index contributed by atoms with van der Waals surface area (Å²) in [5.41, 5.74) is 3.71. The number of carboxylic acid groups (broad SMARTS) is 1. The number of fused-ring (bicyclic) bond motifs is 2. The highest BCUT2D eigenvalue weighted by atomic mass is 19.1. The van der Waals surface area contributed by atoms with Gasteiger partial charge in [-0.2, -0.15) is 9.78 Å². The summed E-state index contributed by atoms with van der Waals surface area (Å²) in [5.74, 6) is -0.295. The second-order valence-electron chi connectivity index (χ2n) is 8.22. The van der Waals surface area contributed by atoms with Crippen molar-refractivity contribution in [3.63, 3.8) is 0 Å². The summed E-state index contributed by atoms with van der Waals surface area (Å²) in [5, 5.41) is 19.5. The lowest BCUT2D eigenvalue weighted by Gasteiger charge is -2.36. The largest absolute Gasteiger partial charge is 0.463 e. The molecule has 0 radical (unpaired) electrons. The molecule has 4 aromatic rings. The topological polar surface area (TPSA) is 99.5 Å². The van der Waals surface area contributed by atoms with Crippen LogP contribution >= 0.6 is 0 Å². The van der Waals surface area contributed by atoms with E-state index in [1.54, 1.807) is 24.3 Å². The molecule has 0 aliphatic carbocycles. The SMILES string of the molecule is O=C(Nc1cccc2c1cnn2C(=O)O)NC1Cc2ccc(F)cc2N(Cc2ccccc2)C1. The van der Waals surface area contributed by atoms with E-state index in [1.165, 1.54) is 18.3 Å². The fourth-order valence-corrected chi connectivity index (χ4v) is 4.40. The van der Waals surface area contributed by atoms with Gasteiger partial charge in [-0.3, -0.25) is 0 Å². The molecule has 8 nitrogen and oxygen atoms in total. The zero-order valence-corrected chi connectivity index (χ0v) is 18.1. The standard InChI is InChI=1S/C25H22FN5O3/c26-18-10-9-17-11-19(15-30(23(17)12-18)14-16-5-2-1-3-6-16)28-24(32)29-21-7-4-8-22-20(21)13-27-31(22)25(33)34/h1-10,12-13,19H,11,14-15H2,(H,33,34)(H2,28,29,32). The molecule has 172 valence electrons. The van der Waals surface area contributed by atoms with Crippen molar-refractivity contribution in [1.82, 2.24) is 15.1 Å². The van der Waals surface area contributed by atoms with Crippen molar-refractivity contribution in [2.45, 2.75) is 19.0 Å². The first-order chi connectivity index (χ1) is 16.5. The average molecular weight is 459 g/mol. The van der Waals surface area contributed by atoms with E-state index in [0.29, 0.717) is 36.1 Å². The van der Waals surface area contributed by atoms with Crippen LogP contribution in [0.5, 0.6) is 0 Å². The van der Waals surface area contributed by atoms with E-state index in [2.05, 4.69) is 20.6 Å². The lowest BCUT2D eigenvalue weighted by molar-refractivity contribution is 0.194. The lowest BCUT2D eigenvalue weighted by Crippen LogP contribution is -2.49. The molecule has 9 heteroatoms. The molecule has 3 N–H and O–H groups in total. The van der Waals surface area contributed by atoms with Crippen LogP contribution in [0.15, 0.2) is 72.9 Å². The smallest absolute Gasteiger partial charge is 0.432 e. The summed E-state index contributed by atoms with van der Waals surface area (Å²) in [6.45, 7) is 1.10. The van der Waals surface area contributed by atoms with Crippen LogP contribution in [0.1, 0.15) is 11.1 Å². The molecule has 0 saturated carbocycles. The van der Waals surface area contributed by atoms with Crippen molar-refractivity contribution in [2.75, 3.05) is 16.8 Å². The molecular weight excluding hydrogens is 437 g/mol. The summed E-state index contributed by atoms with van der Waals surface area (Å²) >= 11 is 0. The Labute approximate surface area is 194 Å². The molecule has 2 heterocycles. The number of amides is 2. The molecule has 1 unspecified atom stereocenters. The molecule has 2 amide bonds. The van der Waals surface area contributed by atoms with Crippen molar-refractivity contribution < 1.29 is 19.1 Å². The van der Waals surface area contributed by atoms with E-state index in [9.17, 15) is 19.1 Å². The third kappa shape index (κ3) is 4.27. The predicted molar refractivity (Wildman–Crippen MR) is 127 cm³/mol. The van der Waals surface area contributed by atoms with Crippen molar-refractivity contribution >= 4 is 34.4 Å². The zero-order chi connectivity index (χ0) is 23.7. The normalized spacial score (nSPS) is 15.1. The number of aromatic nitrogens is 2. The van der Waals surface area contributed by atoms with Gasteiger partial charge in [0.25, 0.3) is 0 Å². The van der Waals surface area contributed by atoms with Gasteiger partial charge in [0.2, 0.25) is 0 Å². The third-order valence-electron chi connectivity index (χ3n) is 5.89. The number of nitrogens with one attached hydrogen (secondary N) is 2. The predicted octanol–water partition coefficient (Wildman–Crippen LogP) is 4.45. The first-order valence-electron chi connectivity index (χ1n) is 10.8. The zero-order valence-electron chi connectivity index (χ0n) is 18.1. The summed E-state index contributed by atoms with van der Waals surface area (Å²) in [4.78, 5) is 26.2. The Hall–Kier alpha value is -4.40. The number of rotatable bonds is 4. The van der Waals surface area contributed by atoms with Crippen molar-refractivity contribution in [2.24, 2.45) is 0 Å². The number of nitrogens with zero attached hydrogens (tertiary/aromatic N) is 3. The molecule has 34 heavy (non-hydrogen) atoms. The molecule has 1 atom stereocenters. The highest BCUT2D eigenvalue weighted by Crippen LogP contribution is 2.30. The molecule has 1 aromatic heterocycles. The number of carbonyl (C=O) groups excluding carboxylic acids is 1. The quantitative estimate of drug-likeness (QED) is 0.419. The summed E-state index contributed by atoms with van der Waals surface area (Å²) in [6.07, 6.45) is 0.772. The number of benzene rings is 3. The number of hydrogen-bond acceptors (Lipinski definition) is 4. The molecule has 1 aliphatic rings. The van der Waals surface area contributed by atoms with Crippen LogP contribution in [-0.4, -0.2) is 39.6 Å². The molecule has 5 rings (SSSR count). The number of carbonyl (C=O) groups is 2. The van der Waals surface area contributed by atoms with Crippen LogP contribution in [0.3, 0.4) is 0 Å². The van der Waals surface area contributed by atoms with E-state index in [-0.39, 0.29) is 11.9 Å². The number of urea groups is 1. The second-order valence-corrected chi connectivity index (χ2v) is 8.22. The molecule has 0 bridgehead atoms. The van der Waals surface area contributed by atoms with Gasteiger partial charge in [0.15, 0.2) is 0 Å². The van der Waals surface area contributed by atoms with Gasteiger partial charge in [0.1, 0.15) is 5.82 Å². The fraction of sp³-hybridized carbons (Fsp3) is 0.160. The van der Waals surface area contributed by atoms with Crippen LogP contribution < -0.4 is 15.5 Å². The average Bonchev–Trinajstić information content (AvgIpc) is 3.26. The Morgan fingerprint density at radius 2 is 1.91 bits per heavy atom. The fourth-order valence-electron chi connectivity index (χ4n) is 4.40. The first kappa shape index (κ1) is 21.4. The summed E-state index contributed by atoms with van der Waals surface area (Å²) < 4.78 is 14.8. The van der Waals surface area contributed by atoms with Crippen LogP contribution in [0, 0.1) is 5.82 Å². The third-order valence-corrected chi connectivity index (χ3v) is 5.89. The van der Waals surface area contributed by atoms with E-state index in [0.717, 1.165) is 21.5 Å². The van der Waals surface area contributed by atoms with Gasteiger partial charge in [-0.15, -0.1) is 0 Å². The molecule has 1 aliphatic heterocycles. The van der Waals surface area contributed by atoms with Gasteiger partial charge in [-0.1, -0.05) is 42.5 Å². The molecule has 0 fully saturated rings. The summed E-state index contributed by atoms with van der Waals surface area (Å²) in [7, 11) is 0. The highest BCUT2D eigenvalue weighted by molar-refractivity contribution is 6.02. The van der Waals surface area contributed by atoms with Crippen molar-refractivity contribution in [3.8, 4) is 0 Å². The summed E-state index contributed by atoms with van der Waals surface area (Å²) in [6, 6.07) is 19.0. The van der Waals surface area contributed by atoms with Crippen LogP contribution in [0.2, 0.25) is 0 Å². The van der Waals surface area contributed by atoms with E-state index < -0.39 is 12.1 Å². The maximum absolute atomic E-state index is 14.0. The number of hydrogen-bond donors (Lipinski definition) is 3. The number of halogens is 1. The van der Waals surface area contributed by atoms with Gasteiger partial charge >= 0.3 is 12.1 Å². The maximum atomic E-state index is 14.0. The second kappa shape index (κ2) is 8.86. The Kier molecular flexibility index (Phi) is 5.59. The van der Waals surface area contributed by atoms with Crippen LogP contribution in [0.25, 0.3) is 10.9 Å². The highest BCUT2D eigenvalue weighted by Gasteiger charge is 2.26. The Morgan fingerprint density at radius 1 is 1.09 bits per heavy atom. The van der Waals surface area contributed by atoms with Gasteiger partial charge in [0, 0.05) is 24.2 Å². The molecule has 0 spiro atoms. The maximum Gasteiger partial charge on any atom is 0.432 e. The van der Waals surface area contributed by atoms with Gasteiger partial charge in [-0.05, 0) is 41.8 Å². The Bertz CT molecular complexity index is 1370. The van der Waals surface area contributed by atoms with Crippen LogP contribution in [0.4, 0.5) is 25.4 Å². The minimum absolute atomic E-state index is 0.206. The minimum atomic E-state index is -1.20. The first-order valence-corrected chi connectivity index (χ1v) is 10.8. The van der Waals surface area contributed by atoms with Crippen molar-refractivity contribution in [3.05, 3.63) is 89.9 Å². The number of anilines is 2. The molecular formula is C25H22FN5O3. The van der Waals surface area contributed by atoms with Gasteiger partial charge < -0.3 is 20.6 Å². The molecule has 3 aromatic carbocycles. The van der Waals surface area contributed by atoms with Gasteiger partial charge in [-0.25, -0.2) is 14.0 Å². The van der Waals surface area contributed by atoms with Crippen molar-refractivity contribution in [1.29, 1.82) is 0 Å². The van der Waals surface area contributed by atoms with Crippen LogP contribution in [-0.2, 0) is 13.0 Å².